The van der Waals surface area contributed by atoms with Gasteiger partial charge in [0.25, 0.3) is 0 Å². The number of ketones is 1. The van der Waals surface area contributed by atoms with Crippen LogP contribution in [0.5, 0.6) is 0 Å². The van der Waals surface area contributed by atoms with Crippen molar-refractivity contribution in [1.29, 1.82) is 0 Å². The summed E-state index contributed by atoms with van der Waals surface area (Å²) in [6, 6.07) is 5.97. The van der Waals surface area contributed by atoms with Gasteiger partial charge in [0.05, 0.1) is 0 Å². The van der Waals surface area contributed by atoms with Crippen LogP contribution in [-0.4, -0.2) is 5.78 Å². The topological polar surface area (TPSA) is 17.1 Å². The van der Waals surface area contributed by atoms with Gasteiger partial charge in [-0.05, 0) is 23.0 Å². The summed E-state index contributed by atoms with van der Waals surface area (Å²) in [5.74, 6) is -0.279. The van der Waals surface area contributed by atoms with Crippen LogP contribution in [0.4, 0.5) is 4.39 Å². The molecule has 1 saturated carbocycles. The predicted molar refractivity (Wildman–Crippen MR) is 61.8 cm³/mol. The molecule has 0 atom stereocenters. The molecule has 0 heterocycles. The summed E-state index contributed by atoms with van der Waals surface area (Å²) in [5.41, 5.74) is 0.510. The van der Waals surface area contributed by atoms with Gasteiger partial charge in [0.2, 0.25) is 0 Å². The molecule has 0 aliphatic heterocycles. The summed E-state index contributed by atoms with van der Waals surface area (Å²) in [5, 5.41) is 0. The molecule has 86 valence electrons. The van der Waals surface area contributed by atoms with Crippen molar-refractivity contribution in [3.8, 4) is 0 Å². The van der Waals surface area contributed by atoms with Crippen molar-refractivity contribution in [3.05, 3.63) is 35.6 Å². The highest BCUT2D eigenvalue weighted by molar-refractivity contribution is 6.01. The maximum Gasteiger partial charge on any atom is 0.167 e. The van der Waals surface area contributed by atoms with Crippen molar-refractivity contribution in [2.24, 2.45) is 16.7 Å². The molecule has 1 aromatic carbocycles. The SMILES string of the molecule is CC1(C)C(C(=O)c2cccc(F)c2)C1(C)C. The molecule has 1 aromatic rings. The summed E-state index contributed by atoms with van der Waals surface area (Å²) in [7, 11) is 0. The maximum absolute atomic E-state index is 13.0. The average Bonchev–Trinajstić information content (AvgIpc) is 2.56. The summed E-state index contributed by atoms with van der Waals surface area (Å²) < 4.78 is 13.0. The summed E-state index contributed by atoms with van der Waals surface area (Å²) in [6.07, 6.45) is 0. The molecule has 16 heavy (non-hydrogen) atoms. The molecule has 0 amide bonds. The number of benzene rings is 1. The van der Waals surface area contributed by atoms with Crippen LogP contribution < -0.4 is 0 Å². The lowest BCUT2D eigenvalue weighted by atomic mass is 10.0. The Bertz CT molecular complexity index is 432. The second-order valence-corrected chi connectivity index (χ2v) is 5.75. The van der Waals surface area contributed by atoms with Gasteiger partial charge in [-0.2, -0.15) is 0 Å². The molecule has 0 bridgehead atoms. The van der Waals surface area contributed by atoms with Gasteiger partial charge in [0, 0.05) is 11.5 Å². The Morgan fingerprint density at radius 1 is 1.19 bits per heavy atom. The van der Waals surface area contributed by atoms with Crippen molar-refractivity contribution >= 4 is 5.78 Å². The zero-order valence-corrected chi connectivity index (χ0v) is 10.2. The molecule has 0 radical (unpaired) electrons. The Kier molecular flexibility index (Phi) is 2.23. The highest BCUT2D eigenvalue weighted by Gasteiger charge is 2.67. The Morgan fingerprint density at radius 3 is 2.19 bits per heavy atom. The molecule has 1 fully saturated rings. The normalized spacial score (nSPS) is 21.8. The van der Waals surface area contributed by atoms with E-state index in [0.717, 1.165) is 0 Å². The molecule has 0 saturated heterocycles. The van der Waals surface area contributed by atoms with E-state index in [1.165, 1.54) is 12.1 Å². The van der Waals surface area contributed by atoms with Crippen molar-refractivity contribution in [2.75, 3.05) is 0 Å². The number of rotatable bonds is 2. The molecular formula is C14H17FO. The van der Waals surface area contributed by atoms with Crippen LogP contribution in [-0.2, 0) is 0 Å². The standard InChI is InChI=1S/C14H17FO/c1-13(2)12(14(13,3)4)11(16)9-6-5-7-10(15)8-9/h5-8,12H,1-4H3. The summed E-state index contributed by atoms with van der Waals surface area (Å²) in [6.45, 7) is 8.37. The van der Waals surface area contributed by atoms with Crippen molar-refractivity contribution in [2.45, 2.75) is 27.7 Å². The first-order valence-electron chi connectivity index (χ1n) is 5.58. The fourth-order valence-corrected chi connectivity index (χ4v) is 2.66. The van der Waals surface area contributed by atoms with Crippen LogP contribution in [0.3, 0.4) is 0 Å². The molecule has 1 nitrogen and oxygen atoms in total. The van der Waals surface area contributed by atoms with E-state index in [2.05, 4.69) is 27.7 Å². The van der Waals surface area contributed by atoms with E-state index in [-0.39, 0.29) is 28.3 Å². The molecule has 0 unspecified atom stereocenters. The molecule has 0 aromatic heterocycles. The molecule has 0 spiro atoms. The number of hydrogen-bond donors (Lipinski definition) is 0. The monoisotopic (exact) mass is 220 g/mol. The minimum Gasteiger partial charge on any atom is -0.294 e. The Balaban J connectivity index is 2.29. The van der Waals surface area contributed by atoms with Gasteiger partial charge in [0.15, 0.2) is 5.78 Å². The maximum atomic E-state index is 13.0. The van der Waals surface area contributed by atoms with E-state index in [1.807, 2.05) is 0 Å². The summed E-state index contributed by atoms with van der Waals surface area (Å²) in [4.78, 5) is 12.2. The van der Waals surface area contributed by atoms with Gasteiger partial charge in [-0.1, -0.05) is 39.8 Å². The highest BCUT2D eigenvalue weighted by atomic mass is 19.1. The fourth-order valence-electron chi connectivity index (χ4n) is 2.66. The Morgan fingerprint density at radius 2 is 1.75 bits per heavy atom. The van der Waals surface area contributed by atoms with Gasteiger partial charge in [-0.15, -0.1) is 0 Å². The minimum absolute atomic E-state index is 0.00167. The van der Waals surface area contributed by atoms with Crippen LogP contribution in [0, 0.1) is 22.6 Å². The lowest BCUT2D eigenvalue weighted by Gasteiger charge is -2.03. The number of carbonyl (C=O) groups is 1. The molecule has 1 aliphatic rings. The second-order valence-electron chi connectivity index (χ2n) is 5.75. The third kappa shape index (κ3) is 1.40. The smallest absolute Gasteiger partial charge is 0.167 e. The van der Waals surface area contributed by atoms with E-state index in [9.17, 15) is 9.18 Å². The number of halogens is 1. The fraction of sp³-hybridized carbons (Fsp3) is 0.500. The zero-order chi connectivity index (χ0) is 12.1. The van der Waals surface area contributed by atoms with Crippen molar-refractivity contribution < 1.29 is 9.18 Å². The minimum atomic E-state index is -0.345. The first-order valence-corrected chi connectivity index (χ1v) is 5.58. The molecular weight excluding hydrogens is 203 g/mol. The highest BCUT2D eigenvalue weighted by Crippen LogP contribution is 2.69. The average molecular weight is 220 g/mol. The van der Waals surface area contributed by atoms with Gasteiger partial charge >= 0.3 is 0 Å². The lowest BCUT2D eigenvalue weighted by Crippen LogP contribution is -2.07. The van der Waals surface area contributed by atoms with Gasteiger partial charge in [0.1, 0.15) is 5.82 Å². The van der Waals surface area contributed by atoms with E-state index >= 15 is 0 Å². The first kappa shape index (κ1) is 11.3. The molecule has 2 rings (SSSR count). The Hall–Kier alpha value is -1.18. The van der Waals surface area contributed by atoms with E-state index in [0.29, 0.717) is 5.56 Å². The number of hydrogen-bond acceptors (Lipinski definition) is 1. The van der Waals surface area contributed by atoms with Crippen LogP contribution >= 0.6 is 0 Å². The third-order valence-corrected chi connectivity index (χ3v) is 4.39. The van der Waals surface area contributed by atoms with E-state index < -0.39 is 0 Å². The zero-order valence-electron chi connectivity index (χ0n) is 10.2. The number of Topliss-reactive ketones (excluding diaryl/α,β-unsaturated/α-hetero) is 1. The Labute approximate surface area is 95.7 Å². The number of carbonyl (C=O) groups excluding carboxylic acids is 1. The van der Waals surface area contributed by atoms with Crippen LogP contribution in [0.25, 0.3) is 0 Å². The van der Waals surface area contributed by atoms with Gasteiger partial charge < -0.3 is 0 Å². The predicted octanol–water partition coefficient (Wildman–Crippen LogP) is 3.69. The van der Waals surface area contributed by atoms with Gasteiger partial charge in [-0.3, -0.25) is 4.79 Å². The quantitative estimate of drug-likeness (QED) is 0.695. The third-order valence-electron chi connectivity index (χ3n) is 4.39. The van der Waals surface area contributed by atoms with Gasteiger partial charge in [-0.25, -0.2) is 4.39 Å². The van der Waals surface area contributed by atoms with Crippen LogP contribution in [0.15, 0.2) is 24.3 Å². The van der Waals surface area contributed by atoms with Crippen molar-refractivity contribution in [3.63, 3.8) is 0 Å². The molecule has 1 aliphatic carbocycles. The van der Waals surface area contributed by atoms with Crippen LogP contribution in [0.2, 0.25) is 0 Å². The molecule has 2 heteroatoms. The van der Waals surface area contributed by atoms with E-state index in [1.54, 1.807) is 12.1 Å². The van der Waals surface area contributed by atoms with Crippen molar-refractivity contribution in [1.82, 2.24) is 0 Å². The lowest BCUT2D eigenvalue weighted by molar-refractivity contribution is 0.0944. The largest absolute Gasteiger partial charge is 0.294 e. The van der Waals surface area contributed by atoms with E-state index in [4.69, 9.17) is 0 Å². The summed E-state index contributed by atoms with van der Waals surface area (Å²) >= 11 is 0. The first-order chi connectivity index (χ1) is 7.28. The molecule has 0 N–H and O–H groups in total. The van der Waals surface area contributed by atoms with Crippen LogP contribution in [0.1, 0.15) is 38.1 Å². The second kappa shape index (κ2) is 3.16.